The number of hydrogen-bond acceptors (Lipinski definition) is 7. The maximum atomic E-state index is 12.7. The number of alkyl halides is 2. The Morgan fingerprint density at radius 2 is 1.88 bits per heavy atom. The van der Waals surface area contributed by atoms with Crippen LogP contribution in [-0.2, 0) is 16.1 Å². The lowest BCUT2D eigenvalue weighted by molar-refractivity contribution is -0.133. The number of amides is 2. The van der Waals surface area contributed by atoms with Gasteiger partial charge in [-0.25, -0.2) is 5.01 Å². The van der Waals surface area contributed by atoms with Crippen LogP contribution in [0.3, 0.4) is 0 Å². The van der Waals surface area contributed by atoms with Crippen LogP contribution in [0.25, 0.3) is 0 Å². The van der Waals surface area contributed by atoms with E-state index in [1.165, 1.54) is 25.1 Å². The highest BCUT2D eigenvalue weighted by Crippen LogP contribution is 2.34. The Kier molecular flexibility index (Phi) is 8.21. The molecule has 11 heteroatoms. The SMILES string of the molecule is CCC1SC(=O)N(Cc2ccc(NC(=O)C(C)=O)cc2)N=C1c1ccc(OC(F)F)c(OC)c1. The molecular formula is C23H23F2N3O5S. The third-order valence-electron chi connectivity index (χ3n) is 4.90. The predicted octanol–water partition coefficient (Wildman–Crippen LogP) is 4.68. The molecule has 0 aromatic heterocycles. The quantitative estimate of drug-likeness (QED) is 0.512. The Balaban J connectivity index is 1.84. The molecule has 8 nitrogen and oxygen atoms in total. The van der Waals surface area contributed by atoms with Gasteiger partial charge in [0, 0.05) is 18.2 Å². The Morgan fingerprint density at radius 3 is 2.47 bits per heavy atom. The van der Waals surface area contributed by atoms with E-state index in [2.05, 4.69) is 15.2 Å². The van der Waals surface area contributed by atoms with Crippen molar-refractivity contribution >= 4 is 40.1 Å². The number of thioether (sulfide) groups is 1. The van der Waals surface area contributed by atoms with E-state index in [0.29, 0.717) is 23.4 Å². The van der Waals surface area contributed by atoms with E-state index in [0.717, 1.165) is 17.3 Å². The number of anilines is 1. The van der Waals surface area contributed by atoms with Crippen molar-refractivity contribution in [2.75, 3.05) is 12.4 Å². The van der Waals surface area contributed by atoms with Gasteiger partial charge >= 0.3 is 11.9 Å². The van der Waals surface area contributed by atoms with Gasteiger partial charge in [-0.3, -0.25) is 14.4 Å². The summed E-state index contributed by atoms with van der Waals surface area (Å²) in [4.78, 5) is 35.3. The van der Waals surface area contributed by atoms with Crippen molar-refractivity contribution in [3.05, 3.63) is 53.6 Å². The molecule has 0 saturated heterocycles. The summed E-state index contributed by atoms with van der Waals surface area (Å²) < 4.78 is 35.0. The van der Waals surface area contributed by atoms with Crippen LogP contribution >= 0.6 is 11.8 Å². The molecule has 1 atom stereocenters. The number of hydrazone groups is 1. The predicted molar refractivity (Wildman–Crippen MR) is 125 cm³/mol. The number of carbonyl (C=O) groups excluding carboxylic acids is 3. The topological polar surface area (TPSA) is 97.3 Å². The van der Waals surface area contributed by atoms with Gasteiger partial charge in [-0.2, -0.15) is 13.9 Å². The Morgan fingerprint density at radius 1 is 1.18 bits per heavy atom. The molecule has 1 aliphatic rings. The van der Waals surface area contributed by atoms with Crippen molar-refractivity contribution in [3.8, 4) is 11.5 Å². The highest BCUT2D eigenvalue weighted by Gasteiger charge is 2.30. The van der Waals surface area contributed by atoms with Gasteiger partial charge in [-0.15, -0.1) is 0 Å². The number of hydrogen-bond donors (Lipinski definition) is 1. The number of ether oxygens (including phenoxy) is 2. The molecule has 2 aromatic rings. The van der Waals surface area contributed by atoms with E-state index in [-0.39, 0.29) is 28.5 Å². The van der Waals surface area contributed by atoms with E-state index in [4.69, 9.17) is 4.74 Å². The number of nitrogens with zero attached hydrogens (tertiary/aromatic N) is 2. The van der Waals surface area contributed by atoms with Gasteiger partial charge in [-0.1, -0.05) is 30.8 Å². The van der Waals surface area contributed by atoms with Crippen molar-refractivity contribution in [2.45, 2.75) is 38.7 Å². The lowest BCUT2D eigenvalue weighted by atomic mass is 10.0. The summed E-state index contributed by atoms with van der Waals surface area (Å²) in [5.74, 6) is -1.27. The maximum Gasteiger partial charge on any atom is 0.387 e. The Bertz CT molecular complexity index is 1110. The van der Waals surface area contributed by atoms with Crippen molar-refractivity contribution in [1.82, 2.24) is 5.01 Å². The fourth-order valence-corrected chi connectivity index (χ4v) is 4.13. The molecule has 2 amide bonds. The molecule has 34 heavy (non-hydrogen) atoms. The van der Waals surface area contributed by atoms with E-state index < -0.39 is 18.3 Å². The Labute approximate surface area is 199 Å². The molecule has 1 aliphatic heterocycles. The van der Waals surface area contributed by atoms with Crippen LogP contribution in [0.4, 0.5) is 19.3 Å². The second-order valence-electron chi connectivity index (χ2n) is 7.27. The van der Waals surface area contributed by atoms with Crippen molar-refractivity contribution in [3.63, 3.8) is 0 Å². The smallest absolute Gasteiger partial charge is 0.387 e. The number of ketones is 1. The van der Waals surface area contributed by atoms with Crippen LogP contribution in [0.2, 0.25) is 0 Å². The maximum absolute atomic E-state index is 12.7. The lowest BCUT2D eigenvalue weighted by Crippen LogP contribution is -2.34. The molecule has 0 bridgehead atoms. The summed E-state index contributed by atoms with van der Waals surface area (Å²) in [6, 6.07) is 11.2. The van der Waals surface area contributed by atoms with Gasteiger partial charge in [0.05, 0.1) is 24.6 Å². The van der Waals surface area contributed by atoms with Gasteiger partial charge in [0.2, 0.25) is 5.78 Å². The summed E-state index contributed by atoms with van der Waals surface area (Å²) in [5, 5.41) is 7.92. The minimum Gasteiger partial charge on any atom is -0.493 e. The van der Waals surface area contributed by atoms with E-state index in [1.807, 2.05) is 6.92 Å². The van der Waals surface area contributed by atoms with Crippen LogP contribution in [0.15, 0.2) is 47.6 Å². The second kappa shape index (κ2) is 11.1. The van der Waals surface area contributed by atoms with Crippen LogP contribution in [0, 0.1) is 0 Å². The lowest BCUT2D eigenvalue weighted by Gasteiger charge is -2.28. The van der Waals surface area contributed by atoms with Crippen molar-refractivity contribution in [1.29, 1.82) is 0 Å². The summed E-state index contributed by atoms with van der Waals surface area (Å²) in [5.41, 5.74) is 2.44. The van der Waals surface area contributed by atoms with Gasteiger partial charge in [0.1, 0.15) is 0 Å². The number of nitrogens with one attached hydrogen (secondary N) is 1. The highest BCUT2D eigenvalue weighted by atomic mass is 32.2. The first-order chi connectivity index (χ1) is 16.2. The molecule has 0 aliphatic carbocycles. The van der Waals surface area contributed by atoms with Gasteiger partial charge in [0.15, 0.2) is 11.5 Å². The summed E-state index contributed by atoms with van der Waals surface area (Å²) in [6.07, 6.45) is 0.630. The van der Waals surface area contributed by atoms with Gasteiger partial charge in [-0.05, 0) is 42.3 Å². The average molecular weight is 492 g/mol. The third-order valence-corrected chi connectivity index (χ3v) is 6.15. The molecule has 180 valence electrons. The number of rotatable bonds is 9. The molecule has 0 fully saturated rings. The van der Waals surface area contributed by atoms with Gasteiger partial charge < -0.3 is 14.8 Å². The van der Waals surface area contributed by atoms with E-state index in [9.17, 15) is 23.2 Å². The fourth-order valence-electron chi connectivity index (χ4n) is 3.20. The summed E-state index contributed by atoms with van der Waals surface area (Å²) in [6.45, 7) is 0.296. The van der Waals surface area contributed by atoms with Crippen LogP contribution in [0.5, 0.6) is 11.5 Å². The summed E-state index contributed by atoms with van der Waals surface area (Å²) in [7, 11) is 1.35. The number of methoxy groups -OCH3 is 1. The number of carbonyl (C=O) groups is 3. The average Bonchev–Trinajstić information content (AvgIpc) is 2.81. The van der Waals surface area contributed by atoms with Gasteiger partial charge in [0.25, 0.3) is 5.91 Å². The molecule has 0 saturated carbocycles. The molecule has 3 rings (SSSR count). The molecule has 0 spiro atoms. The first kappa shape index (κ1) is 25.2. The van der Waals surface area contributed by atoms with Crippen molar-refractivity contribution < 1.29 is 32.6 Å². The normalized spacial score (nSPS) is 15.7. The fraction of sp³-hybridized carbons (Fsp3) is 0.304. The Hall–Kier alpha value is -3.47. The molecule has 0 radical (unpaired) electrons. The van der Waals surface area contributed by atoms with Crippen LogP contribution in [0.1, 0.15) is 31.4 Å². The molecule has 1 N–H and O–H groups in total. The number of Topliss-reactive ketones (excluding diaryl/α,β-unsaturated/α-hetero) is 1. The zero-order valence-corrected chi connectivity index (χ0v) is 19.5. The summed E-state index contributed by atoms with van der Waals surface area (Å²) >= 11 is 1.13. The molecule has 1 heterocycles. The minimum atomic E-state index is -2.99. The monoisotopic (exact) mass is 491 g/mol. The van der Waals surface area contributed by atoms with Crippen LogP contribution < -0.4 is 14.8 Å². The largest absolute Gasteiger partial charge is 0.493 e. The molecule has 1 unspecified atom stereocenters. The number of halogens is 2. The third kappa shape index (κ3) is 6.10. The van der Waals surface area contributed by atoms with E-state index in [1.54, 1.807) is 36.4 Å². The zero-order chi connectivity index (χ0) is 24.8. The van der Waals surface area contributed by atoms with Crippen molar-refractivity contribution in [2.24, 2.45) is 5.10 Å². The first-order valence-corrected chi connectivity index (χ1v) is 11.2. The molecule has 2 aromatic carbocycles. The second-order valence-corrected chi connectivity index (χ2v) is 8.43. The standard InChI is InChI=1S/C23H23F2N3O5S/c1-4-19-20(15-7-10-17(33-22(24)25)18(11-15)32-3)27-28(23(31)34-19)12-14-5-8-16(9-6-14)26-21(30)13(2)29/h5-11,19,22H,4,12H2,1-3H3,(H,26,30). The highest BCUT2D eigenvalue weighted by molar-refractivity contribution is 8.14. The van der Waals surface area contributed by atoms with Crippen LogP contribution in [-0.4, -0.2) is 46.6 Å². The van der Waals surface area contributed by atoms with E-state index >= 15 is 0 Å². The molecular weight excluding hydrogens is 468 g/mol. The number of benzene rings is 2. The zero-order valence-electron chi connectivity index (χ0n) is 18.7. The minimum absolute atomic E-state index is 0.0942. The first-order valence-electron chi connectivity index (χ1n) is 10.3.